The molecule has 5 nitrogen and oxygen atoms in total. The highest BCUT2D eigenvalue weighted by Crippen LogP contribution is 2.18. The molecule has 1 aliphatic rings. The van der Waals surface area contributed by atoms with Gasteiger partial charge in [-0.15, -0.1) is 0 Å². The van der Waals surface area contributed by atoms with Gasteiger partial charge in [0.25, 0.3) is 0 Å². The van der Waals surface area contributed by atoms with Crippen LogP contribution in [0, 0.1) is 5.92 Å². The van der Waals surface area contributed by atoms with E-state index >= 15 is 0 Å². The minimum atomic E-state index is 0.465. The zero-order valence-electron chi connectivity index (χ0n) is 12.8. The van der Waals surface area contributed by atoms with E-state index in [1.165, 1.54) is 0 Å². The van der Waals surface area contributed by atoms with Crippen LogP contribution in [0.1, 0.15) is 32.4 Å². The van der Waals surface area contributed by atoms with Crippen molar-refractivity contribution in [2.75, 3.05) is 31.7 Å². The van der Waals surface area contributed by atoms with Gasteiger partial charge in [-0.05, 0) is 18.8 Å². The smallest absolute Gasteiger partial charge is 0.146 e. The van der Waals surface area contributed by atoms with Crippen LogP contribution in [0.3, 0.4) is 0 Å². The molecule has 1 aliphatic heterocycles. The van der Waals surface area contributed by atoms with E-state index in [1.807, 2.05) is 12.4 Å². The summed E-state index contributed by atoms with van der Waals surface area (Å²) >= 11 is 0. The molecule has 2 heterocycles. The van der Waals surface area contributed by atoms with E-state index in [-0.39, 0.29) is 0 Å². The monoisotopic (exact) mass is 278 g/mol. The largest absolute Gasteiger partial charge is 0.381 e. The molecular formula is C15H26N4O. The highest BCUT2D eigenvalue weighted by molar-refractivity contribution is 5.34. The van der Waals surface area contributed by atoms with Gasteiger partial charge in [-0.25, -0.2) is 4.98 Å². The Balaban J connectivity index is 1.84. The van der Waals surface area contributed by atoms with E-state index in [0.717, 1.165) is 50.7 Å². The van der Waals surface area contributed by atoms with Gasteiger partial charge < -0.3 is 15.0 Å². The van der Waals surface area contributed by atoms with Crippen LogP contribution in [0.2, 0.25) is 0 Å². The predicted octanol–water partition coefficient (Wildman–Crippen LogP) is 1.84. The number of hydrogen-bond donors (Lipinski definition) is 1. The van der Waals surface area contributed by atoms with Crippen molar-refractivity contribution in [2.45, 2.75) is 39.3 Å². The second-order valence-corrected chi connectivity index (χ2v) is 5.84. The van der Waals surface area contributed by atoms with Gasteiger partial charge in [-0.2, -0.15) is 0 Å². The summed E-state index contributed by atoms with van der Waals surface area (Å²) in [4.78, 5) is 11.2. The number of ether oxygens (including phenoxy) is 1. The van der Waals surface area contributed by atoms with Gasteiger partial charge >= 0.3 is 0 Å². The van der Waals surface area contributed by atoms with E-state index in [1.54, 1.807) is 0 Å². The molecule has 0 spiro atoms. The Hall–Kier alpha value is -1.20. The van der Waals surface area contributed by atoms with Crippen LogP contribution >= 0.6 is 0 Å². The van der Waals surface area contributed by atoms with Gasteiger partial charge in [0.2, 0.25) is 0 Å². The summed E-state index contributed by atoms with van der Waals surface area (Å²) in [6.45, 7) is 7.84. The third-order valence-corrected chi connectivity index (χ3v) is 3.65. The second kappa shape index (κ2) is 7.55. The fourth-order valence-electron chi connectivity index (χ4n) is 2.35. The molecule has 1 aromatic heterocycles. The first-order valence-electron chi connectivity index (χ1n) is 7.48. The van der Waals surface area contributed by atoms with Crippen molar-refractivity contribution in [3.8, 4) is 0 Å². The number of aromatic nitrogens is 2. The quantitative estimate of drug-likeness (QED) is 0.860. The first-order chi connectivity index (χ1) is 9.65. The molecule has 1 fully saturated rings. The summed E-state index contributed by atoms with van der Waals surface area (Å²) in [5.41, 5.74) is 0.988. The average molecular weight is 278 g/mol. The summed E-state index contributed by atoms with van der Waals surface area (Å²) in [5.74, 6) is 1.66. The highest BCUT2D eigenvalue weighted by atomic mass is 16.5. The van der Waals surface area contributed by atoms with Crippen LogP contribution in [-0.4, -0.2) is 42.8 Å². The van der Waals surface area contributed by atoms with E-state index in [4.69, 9.17) is 4.74 Å². The van der Waals surface area contributed by atoms with Crippen LogP contribution in [0.15, 0.2) is 12.4 Å². The molecule has 0 radical (unpaired) electrons. The summed E-state index contributed by atoms with van der Waals surface area (Å²) in [7, 11) is 2.09. The number of nitrogens with one attached hydrogen (secondary N) is 1. The molecule has 112 valence electrons. The van der Waals surface area contributed by atoms with Crippen molar-refractivity contribution in [3.05, 3.63) is 18.1 Å². The van der Waals surface area contributed by atoms with Crippen LogP contribution in [0.5, 0.6) is 0 Å². The molecule has 0 bridgehead atoms. The summed E-state index contributed by atoms with van der Waals surface area (Å²) in [6.07, 6.45) is 6.03. The van der Waals surface area contributed by atoms with E-state index in [9.17, 15) is 0 Å². The Morgan fingerprint density at radius 3 is 2.65 bits per heavy atom. The Morgan fingerprint density at radius 1 is 1.30 bits per heavy atom. The standard InChI is InChI=1S/C15H26N4O/c1-12(2)16-8-14-9-18-15(10-17-14)19(3)11-13-4-6-20-7-5-13/h9-10,12-13,16H,4-8,11H2,1-3H3. The molecule has 20 heavy (non-hydrogen) atoms. The maximum absolute atomic E-state index is 5.40. The number of rotatable bonds is 6. The Labute approximate surface area is 121 Å². The average Bonchev–Trinajstić information content (AvgIpc) is 2.46. The lowest BCUT2D eigenvalue weighted by molar-refractivity contribution is 0.0685. The van der Waals surface area contributed by atoms with Crippen LogP contribution in [0.4, 0.5) is 5.82 Å². The Kier molecular flexibility index (Phi) is 5.73. The van der Waals surface area contributed by atoms with Crippen LogP contribution < -0.4 is 10.2 Å². The fraction of sp³-hybridized carbons (Fsp3) is 0.733. The number of nitrogens with zero attached hydrogens (tertiary/aromatic N) is 3. The lowest BCUT2D eigenvalue weighted by Gasteiger charge is -2.27. The minimum absolute atomic E-state index is 0.465. The molecule has 1 aromatic rings. The molecular weight excluding hydrogens is 252 g/mol. The topological polar surface area (TPSA) is 50.3 Å². The minimum Gasteiger partial charge on any atom is -0.381 e. The zero-order valence-corrected chi connectivity index (χ0v) is 12.8. The zero-order chi connectivity index (χ0) is 14.4. The molecule has 2 rings (SSSR count). The van der Waals surface area contributed by atoms with Gasteiger partial charge in [0.1, 0.15) is 5.82 Å². The van der Waals surface area contributed by atoms with Gasteiger partial charge in [-0.1, -0.05) is 13.8 Å². The van der Waals surface area contributed by atoms with Gasteiger partial charge in [0.05, 0.1) is 18.1 Å². The molecule has 1 N–H and O–H groups in total. The third-order valence-electron chi connectivity index (χ3n) is 3.65. The van der Waals surface area contributed by atoms with Crippen molar-refractivity contribution in [2.24, 2.45) is 5.92 Å². The lowest BCUT2D eigenvalue weighted by atomic mass is 10.00. The van der Waals surface area contributed by atoms with Crippen molar-refractivity contribution in [1.82, 2.24) is 15.3 Å². The Morgan fingerprint density at radius 2 is 2.05 bits per heavy atom. The van der Waals surface area contributed by atoms with E-state index in [2.05, 4.69) is 41.1 Å². The molecule has 0 saturated carbocycles. The fourth-order valence-corrected chi connectivity index (χ4v) is 2.35. The maximum atomic E-state index is 5.40. The lowest BCUT2D eigenvalue weighted by Crippen LogP contribution is -2.30. The van der Waals surface area contributed by atoms with Gasteiger partial charge in [-0.3, -0.25) is 4.98 Å². The van der Waals surface area contributed by atoms with Gasteiger partial charge in [0, 0.05) is 39.4 Å². The first-order valence-corrected chi connectivity index (χ1v) is 7.48. The maximum Gasteiger partial charge on any atom is 0.146 e. The molecule has 0 aliphatic carbocycles. The van der Waals surface area contributed by atoms with Crippen molar-refractivity contribution in [3.63, 3.8) is 0 Å². The number of hydrogen-bond acceptors (Lipinski definition) is 5. The summed E-state index contributed by atoms with van der Waals surface area (Å²) in [5, 5.41) is 3.35. The summed E-state index contributed by atoms with van der Waals surface area (Å²) in [6, 6.07) is 0.465. The normalized spacial score (nSPS) is 16.6. The first kappa shape index (κ1) is 15.2. The molecule has 5 heteroatoms. The van der Waals surface area contributed by atoms with E-state index in [0.29, 0.717) is 12.0 Å². The predicted molar refractivity (Wildman–Crippen MR) is 80.8 cm³/mol. The van der Waals surface area contributed by atoms with Crippen LogP contribution in [0.25, 0.3) is 0 Å². The summed E-state index contributed by atoms with van der Waals surface area (Å²) < 4.78 is 5.40. The third kappa shape index (κ3) is 4.72. The highest BCUT2D eigenvalue weighted by Gasteiger charge is 2.16. The second-order valence-electron chi connectivity index (χ2n) is 5.84. The van der Waals surface area contributed by atoms with Crippen molar-refractivity contribution in [1.29, 1.82) is 0 Å². The molecule has 0 unspecified atom stereocenters. The molecule has 0 atom stereocenters. The Bertz CT molecular complexity index is 387. The molecule has 0 aromatic carbocycles. The van der Waals surface area contributed by atoms with Gasteiger partial charge in [0.15, 0.2) is 0 Å². The molecule has 1 saturated heterocycles. The van der Waals surface area contributed by atoms with Crippen molar-refractivity contribution >= 4 is 5.82 Å². The van der Waals surface area contributed by atoms with Crippen LogP contribution in [-0.2, 0) is 11.3 Å². The SMILES string of the molecule is CC(C)NCc1cnc(N(C)CC2CCOCC2)cn1. The van der Waals surface area contributed by atoms with E-state index < -0.39 is 0 Å². The number of anilines is 1. The van der Waals surface area contributed by atoms with Crippen molar-refractivity contribution < 1.29 is 4.74 Å². The molecule has 0 amide bonds.